The van der Waals surface area contributed by atoms with Gasteiger partial charge in [0.05, 0.1) is 16.8 Å². The summed E-state index contributed by atoms with van der Waals surface area (Å²) >= 11 is 0. The van der Waals surface area contributed by atoms with E-state index in [1.54, 1.807) is 26.0 Å². The fraction of sp³-hybridized carbons (Fsp3) is 0.571. The van der Waals surface area contributed by atoms with E-state index in [0.717, 1.165) is 29.3 Å². The third kappa shape index (κ3) is 3.65. The second kappa shape index (κ2) is 6.99. The number of aliphatic hydroxyl groups is 1. The third-order valence-corrected chi connectivity index (χ3v) is 6.42. The number of hydrogen-bond donors (Lipinski definition) is 2. The van der Waals surface area contributed by atoms with E-state index in [9.17, 15) is 15.0 Å². The molecule has 1 aromatic carbocycles. The molecule has 1 heterocycles. The first-order valence-electron chi connectivity index (χ1n) is 9.74. The Kier molecular flexibility index (Phi) is 5.17. The van der Waals surface area contributed by atoms with Crippen molar-refractivity contribution in [3.05, 3.63) is 29.3 Å². The maximum Gasteiger partial charge on any atom is 0.335 e. The van der Waals surface area contributed by atoms with Crippen LogP contribution in [-0.2, 0) is 11.7 Å². The first-order valence-corrected chi connectivity index (χ1v) is 9.74. The Morgan fingerprint density at radius 2 is 1.85 bits per heavy atom. The normalized spacial score (nSPS) is 16.2. The number of carboxylic acids is 1. The van der Waals surface area contributed by atoms with Gasteiger partial charge in [-0.2, -0.15) is 0 Å². The van der Waals surface area contributed by atoms with Gasteiger partial charge in [-0.25, -0.2) is 4.79 Å². The number of aryl methyl sites for hydroxylation is 1. The van der Waals surface area contributed by atoms with Crippen LogP contribution in [0.15, 0.2) is 18.2 Å². The molecule has 0 amide bonds. The third-order valence-electron chi connectivity index (χ3n) is 6.42. The number of nitrogens with zero attached hydrogens (tertiary/aromatic N) is 1. The molecule has 0 spiro atoms. The molecule has 0 aliphatic heterocycles. The number of carbonyl (C=O) groups is 1. The molecule has 146 valence electrons. The van der Waals surface area contributed by atoms with Crippen molar-refractivity contribution < 1.29 is 19.7 Å². The van der Waals surface area contributed by atoms with Crippen LogP contribution in [0.2, 0.25) is 0 Å². The lowest BCUT2D eigenvalue weighted by molar-refractivity contribution is -0.0894. The topological polar surface area (TPSA) is 71.7 Å². The monoisotopic (exact) mass is 371 g/mol. The summed E-state index contributed by atoms with van der Waals surface area (Å²) in [5.74, 6) is -0.435. The van der Waals surface area contributed by atoms with Crippen LogP contribution in [0.4, 0.5) is 0 Å². The molecule has 2 N–H and O–H groups in total. The van der Waals surface area contributed by atoms with Crippen molar-refractivity contribution in [1.82, 2.24) is 4.57 Å². The summed E-state index contributed by atoms with van der Waals surface area (Å²) in [7, 11) is 2.36. The lowest BCUT2D eigenvalue weighted by Gasteiger charge is -2.37. The molecule has 1 aromatic heterocycles. The largest absolute Gasteiger partial charge is 0.478 e. The molecular weight excluding hydrogens is 341 g/mol. The molecular formula is C21H30BNO4. The molecule has 1 aliphatic rings. The Labute approximate surface area is 161 Å². The van der Waals surface area contributed by atoms with E-state index in [0.29, 0.717) is 19.0 Å². The number of hydrogen-bond acceptors (Lipinski definition) is 3. The number of carboxylic acid groups (broad SMARTS) is 1. The zero-order valence-corrected chi connectivity index (χ0v) is 17.0. The van der Waals surface area contributed by atoms with Crippen molar-refractivity contribution in [2.24, 2.45) is 7.05 Å². The Morgan fingerprint density at radius 3 is 2.41 bits per heavy atom. The minimum absolute atomic E-state index is 0.297. The fourth-order valence-electron chi connectivity index (χ4n) is 3.92. The predicted octanol–water partition coefficient (Wildman–Crippen LogP) is 3.08. The highest BCUT2D eigenvalue weighted by Crippen LogP contribution is 2.38. The van der Waals surface area contributed by atoms with Crippen LogP contribution in [0.25, 0.3) is 10.9 Å². The maximum atomic E-state index is 11.4. The maximum absolute atomic E-state index is 11.4. The quantitative estimate of drug-likeness (QED) is 0.766. The molecule has 0 radical (unpaired) electrons. The van der Waals surface area contributed by atoms with Gasteiger partial charge in [0, 0.05) is 23.5 Å². The van der Waals surface area contributed by atoms with E-state index in [2.05, 4.69) is 4.57 Å². The first-order chi connectivity index (χ1) is 12.5. The van der Waals surface area contributed by atoms with Crippen molar-refractivity contribution in [1.29, 1.82) is 0 Å². The molecule has 1 fully saturated rings. The molecule has 1 aliphatic carbocycles. The highest BCUT2D eigenvalue weighted by Gasteiger charge is 2.37. The van der Waals surface area contributed by atoms with E-state index >= 15 is 0 Å². The van der Waals surface area contributed by atoms with Gasteiger partial charge in [-0.15, -0.1) is 0 Å². The molecule has 0 saturated heterocycles. The summed E-state index contributed by atoms with van der Waals surface area (Å²) < 4.78 is 8.25. The number of rotatable bonds is 6. The zero-order chi connectivity index (χ0) is 20.0. The van der Waals surface area contributed by atoms with Gasteiger partial charge in [0.25, 0.3) is 0 Å². The van der Waals surface area contributed by atoms with Crippen LogP contribution < -0.4 is 5.59 Å². The van der Waals surface area contributed by atoms with Gasteiger partial charge in [-0.3, -0.25) is 0 Å². The number of aromatic nitrogens is 1. The van der Waals surface area contributed by atoms with Crippen LogP contribution in [-0.4, -0.2) is 39.4 Å². The highest BCUT2D eigenvalue weighted by atomic mass is 16.5. The van der Waals surface area contributed by atoms with Crippen LogP contribution in [0.3, 0.4) is 0 Å². The lowest BCUT2D eigenvalue weighted by atomic mass is 9.80. The van der Waals surface area contributed by atoms with E-state index in [1.807, 2.05) is 27.0 Å². The molecule has 2 aromatic rings. The van der Waals surface area contributed by atoms with Crippen LogP contribution >= 0.6 is 0 Å². The van der Waals surface area contributed by atoms with Crippen LogP contribution in [0.1, 0.15) is 75.2 Å². The summed E-state index contributed by atoms with van der Waals surface area (Å²) in [6.45, 7) is 7.30. The van der Waals surface area contributed by atoms with Crippen molar-refractivity contribution in [3.63, 3.8) is 0 Å². The van der Waals surface area contributed by atoms with E-state index in [1.165, 1.54) is 18.4 Å². The second-order valence-electron chi connectivity index (χ2n) is 8.80. The number of fused-ring (bicyclic) bond motifs is 1. The standard InChI is InChI=1S/C21H30BNO4/c1-20(2,26)21(3,4)27-22-18-17(13-8-6-7-9-13)15-11-10-14(19(24)25)12-16(15)23(18)5/h10-13,22,26H,6-9H2,1-5H3,(H,24,25). The molecule has 0 bridgehead atoms. The van der Waals surface area contributed by atoms with Gasteiger partial charge in [0.15, 0.2) is 0 Å². The van der Waals surface area contributed by atoms with E-state index in [-0.39, 0.29) is 0 Å². The van der Waals surface area contributed by atoms with Crippen molar-refractivity contribution >= 4 is 29.9 Å². The van der Waals surface area contributed by atoms with Crippen molar-refractivity contribution in [2.75, 3.05) is 0 Å². The Balaban J connectivity index is 2.08. The summed E-state index contributed by atoms with van der Waals surface area (Å²) in [5.41, 5.74) is 1.91. The second-order valence-corrected chi connectivity index (χ2v) is 8.80. The minimum Gasteiger partial charge on any atom is -0.478 e. The summed E-state index contributed by atoms with van der Waals surface area (Å²) in [5, 5.41) is 20.9. The number of aromatic carboxylic acids is 1. The van der Waals surface area contributed by atoms with E-state index < -0.39 is 17.2 Å². The molecule has 1 saturated carbocycles. The minimum atomic E-state index is -0.971. The van der Waals surface area contributed by atoms with Crippen LogP contribution in [0.5, 0.6) is 0 Å². The summed E-state index contributed by atoms with van der Waals surface area (Å²) in [6.07, 6.45) is 4.76. The molecule has 0 unspecified atom stereocenters. The predicted molar refractivity (Wildman–Crippen MR) is 109 cm³/mol. The van der Waals surface area contributed by atoms with Gasteiger partial charge in [0.1, 0.15) is 0 Å². The average Bonchev–Trinajstić information content (AvgIpc) is 3.18. The fourth-order valence-corrected chi connectivity index (χ4v) is 3.92. The molecule has 5 nitrogen and oxygen atoms in total. The van der Waals surface area contributed by atoms with Gasteiger partial charge in [-0.05, 0) is 64.2 Å². The van der Waals surface area contributed by atoms with Gasteiger partial charge in [0.2, 0.25) is 0 Å². The number of benzene rings is 1. The molecule has 3 rings (SSSR count). The summed E-state index contributed by atoms with van der Waals surface area (Å²) in [6, 6.07) is 5.38. The average molecular weight is 371 g/mol. The molecule has 0 atom stereocenters. The SMILES string of the molecule is Cn1c(BOC(C)(C)C(C)(C)O)c(C2CCCC2)c2ccc(C(=O)O)cc21. The van der Waals surface area contributed by atoms with E-state index in [4.69, 9.17) is 4.65 Å². The smallest absolute Gasteiger partial charge is 0.335 e. The summed E-state index contributed by atoms with van der Waals surface area (Å²) in [4.78, 5) is 11.4. The van der Waals surface area contributed by atoms with Gasteiger partial charge >= 0.3 is 13.5 Å². The molecule has 27 heavy (non-hydrogen) atoms. The Morgan fingerprint density at radius 1 is 1.22 bits per heavy atom. The van der Waals surface area contributed by atoms with Gasteiger partial charge in [-0.1, -0.05) is 18.9 Å². The molecule has 6 heteroatoms. The zero-order valence-electron chi connectivity index (χ0n) is 17.0. The first kappa shape index (κ1) is 20.0. The highest BCUT2D eigenvalue weighted by molar-refractivity contribution is 6.48. The Bertz CT molecular complexity index is 857. The van der Waals surface area contributed by atoms with Crippen LogP contribution in [0, 0.1) is 0 Å². The Hall–Kier alpha value is -1.79. The van der Waals surface area contributed by atoms with Crippen molar-refractivity contribution in [3.8, 4) is 0 Å². The van der Waals surface area contributed by atoms with Crippen molar-refractivity contribution in [2.45, 2.75) is 70.5 Å². The lowest BCUT2D eigenvalue weighted by Crippen LogP contribution is -2.50. The van der Waals surface area contributed by atoms with Gasteiger partial charge < -0.3 is 19.4 Å².